The fraction of sp³-hybridized carbons (Fsp3) is 0.333. The molecule has 0 aliphatic carbocycles. The number of hydrogen-bond acceptors (Lipinski definition) is 6. The average Bonchev–Trinajstić information content (AvgIpc) is 2.67. The smallest absolute Gasteiger partial charge is 0.283 e. The molecule has 0 amide bonds. The molecule has 156 valence electrons. The van der Waals surface area contributed by atoms with Crippen molar-refractivity contribution in [3.8, 4) is 6.07 Å². The lowest BCUT2D eigenvalue weighted by molar-refractivity contribution is -0.0334. The Kier molecular flexibility index (Phi) is 5.53. The van der Waals surface area contributed by atoms with Crippen LogP contribution in [-0.2, 0) is 16.7 Å². The van der Waals surface area contributed by atoms with Gasteiger partial charge in [0.05, 0.1) is 5.56 Å². The molecule has 1 aromatic heterocycles. The van der Waals surface area contributed by atoms with Crippen molar-refractivity contribution in [1.82, 2.24) is 4.98 Å². The maximum absolute atomic E-state index is 14.7. The molecule has 0 radical (unpaired) electrons. The van der Waals surface area contributed by atoms with Crippen molar-refractivity contribution in [3.63, 3.8) is 0 Å². The van der Waals surface area contributed by atoms with Crippen molar-refractivity contribution >= 4 is 11.8 Å². The number of aliphatic imine (C=N–C) groups is 1. The van der Waals surface area contributed by atoms with Gasteiger partial charge < -0.3 is 10.5 Å². The number of halogens is 3. The Bertz CT molecular complexity index is 1050. The number of carbonyl (C=O) groups excluding carboxylic acids is 1. The summed E-state index contributed by atoms with van der Waals surface area (Å²) in [4.78, 5) is 20.2. The highest BCUT2D eigenvalue weighted by molar-refractivity contribution is 5.95. The summed E-state index contributed by atoms with van der Waals surface area (Å²) >= 11 is 0. The molecule has 0 saturated carbocycles. The number of Topliss-reactive ketones (excluding diaryl/α,β-unsaturated/α-hetero) is 1. The highest BCUT2D eigenvalue weighted by Crippen LogP contribution is 2.44. The van der Waals surface area contributed by atoms with Crippen LogP contribution in [0.2, 0.25) is 0 Å². The molecule has 1 aromatic carbocycles. The van der Waals surface area contributed by atoms with Gasteiger partial charge in [-0.05, 0) is 43.7 Å². The first-order chi connectivity index (χ1) is 14.1. The van der Waals surface area contributed by atoms with Crippen molar-refractivity contribution in [2.75, 3.05) is 0 Å². The number of pyridine rings is 1. The lowest BCUT2D eigenvalue weighted by Crippen LogP contribution is -2.49. The van der Waals surface area contributed by atoms with Gasteiger partial charge in [0.25, 0.3) is 12.4 Å². The first-order valence-corrected chi connectivity index (χ1v) is 9.07. The Labute approximate surface area is 171 Å². The number of aromatic nitrogens is 1. The molecular weight excluding hydrogens is 397 g/mol. The zero-order valence-electron chi connectivity index (χ0n) is 16.3. The van der Waals surface area contributed by atoms with E-state index in [9.17, 15) is 18.0 Å². The summed E-state index contributed by atoms with van der Waals surface area (Å²) < 4.78 is 48.4. The Hall–Kier alpha value is -3.41. The maximum atomic E-state index is 14.7. The minimum Gasteiger partial charge on any atom is -0.459 e. The molecule has 1 aliphatic heterocycles. The van der Waals surface area contributed by atoms with Crippen molar-refractivity contribution in [3.05, 3.63) is 64.7 Å². The normalized spacial score (nSPS) is 20.2. The molecule has 30 heavy (non-hydrogen) atoms. The van der Waals surface area contributed by atoms with Crippen LogP contribution >= 0.6 is 0 Å². The predicted octanol–water partition coefficient (Wildman–Crippen LogP) is 3.49. The second-order valence-corrected chi connectivity index (χ2v) is 7.67. The van der Waals surface area contributed by atoms with Crippen LogP contribution in [0.15, 0.2) is 41.5 Å². The van der Waals surface area contributed by atoms with Crippen LogP contribution < -0.4 is 5.73 Å². The number of nitrogens with two attached hydrogens (primary N) is 1. The third-order valence-electron chi connectivity index (χ3n) is 4.79. The zero-order chi connectivity index (χ0) is 22.1. The SMILES string of the molecule is CC1(C)C[C@](c2cc(CC(=O)c3ccc(C#N)cn3)ccc2F)(C(F)F)N=C(N)O1. The summed E-state index contributed by atoms with van der Waals surface area (Å²) in [6, 6.07) is 7.88. The fourth-order valence-corrected chi connectivity index (χ4v) is 3.54. The van der Waals surface area contributed by atoms with E-state index in [4.69, 9.17) is 15.7 Å². The topological polar surface area (TPSA) is 101 Å². The summed E-state index contributed by atoms with van der Waals surface area (Å²) in [6.45, 7) is 3.13. The molecule has 3 rings (SSSR count). The minimum atomic E-state index is -3.06. The van der Waals surface area contributed by atoms with Gasteiger partial charge >= 0.3 is 0 Å². The van der Waals surface area contributed by atoms with Crippen LogP contribution in [0.5, 0.6) is 0 Å². The molecule has 1 aliphatic rings. The van der Waals surface area contributed by atoms with Gasteiger partial charge in [-0.3, -0.25) is 9.78 Å². The van der Waals surface area contributed by atoms with Crippen LogP contribution in [0.3, 0.4) is 0 Å². The van der Waals surface area contributed by atoms with Crippen molar-refractivity contribution < 1.29 is 22.7 Å². The number of benzene rings is 1. The largest absolute Gasteiger partial charge is 0.459 e. The molecule has 2 heterocycles. The van der Waals surface area contributed by atoms with Crippen molar-refractivity contribution in [2.45, 2.75) is 44.3 Å². The first-order valence-electron chi connectivity index (χ1n) is 9.07. The molecule has 0 spiro atoms. The number of nitriles is 1. The summed E-state index contributed by atoms with van der Waals surface area (Å²) in [5, 5.41) is 8.81. The van der Waals surface area contributed by atoms with Gasteiger partial charge in [-0.25, -0.2) is 18.2 Å². The zero-order valence-corrected chi connectivity index (χ0v) is 16.3. The summed E-state index contributed by atoms with van der Waals surface area (Å²) in [7, 11) is 0. The van der Waals surface area contributed by atoms with Gasteiger partial charge in [0.1, 0.15) is 23.2 Å². The van der Waals surface area contributed by atoms with Crippen molar-refractivity contribution in [1.29, 1.82) is 5.26 Å². The highest BCUT2D eigenvalue weighted by Gasteiger charge is 2.51. The Morgan fingerprint density at radius 3 is 2.63 bits per heavy atom. The van der Waals surface area contributed by atoms with Gasteiger partial charge in [-0.1, -0.05) is 6.07 Å². The number of ketones is 1. The van der Waals surface area contributed by atoms with E-state index in [2.05, 4.69) is 9.98 Å². The number of alkyl halides is 2. The van der Waals surface area contributed by atoms with Crippen LogP contribution in [-0.4, -0.2) is 28.8 Å². The fourth-order valence-electron chi connectivity index (χ4n) is 3.54. The third kappa shape index (κ3) is 4.13. The molecule has 2 N–H and O–H groups in total. The average molecular weight is 416 g/mol. The van der Waals surface area contributed by atoms with E-state index < -0.39 is 35.2 Å². The number of ether oxygens (including phenoxy) is 1. The molecule has 0 fully saturated rings. The number of amidine groups is 1. The molecule has 0 saturated heterocycles. The minimum absolute atomic E-state index is 0.109. The maximum Gasteiger partial charge on any atom is 0.283 e. The molecule has 0 bridgehead atoms. The number of hydrogen-bond donors (Lipinski definition) is 1. The molecule has 1 atom stereocenters. The van der Waals surface area contributed by atoms with E-state index >= 15 is 0 Å². The second kappa shape index (κ2) is 7.78. The monoisotopic (exact) mass is 416 g/mol. The van der Waals surface area contributed by atoms with Crippen molar-refractivity contribution in [2.24, 2.45) is 10.7 Å². The van der Waals surface area contributed by atoms with E-state index in [1.807, 2.05) is 6.07 Å². The summed E-state index contributed by atoms with van der Waals surface area (Å²) in [5.74, 6) is -1.28. The van der Waals surface area contributed by atoms with Crippen LogP contribution in [0.4, 0.5) is 13.2 Å². The Balaban J connectivity index is 1.98. The van der Waals surface area contributed by atoms with Crippen LogP contribution in [0.25, 0.3) is 0 Å². The van der Waals surface area contributed by atoms with Crippen LogP contribution in [0.1, 0.15) is 47.4 Å². The van der Waals surface area contributed by atoms with Gasteiger partial charge in [0, 0.05) is 24.6 Å². The summed E-state index contributed by atoms with van der Waals surface area (Å²) in [5.41, 5.74) is 2.67. The molecule has 9 heteroatoms. The second-order valence-electron chi connectivity index (χ2n) is 7.67. The van der Waals surface area contributed by atoms with Gasteiger partial charge in [0.2, 0.25) is 0 Å². The molecule has 2 aromatic rings. The number of carbonyl (C=O) groups is 1. The number of nitrogens with zero attached hydrogens (tertiary/aromatic N) is 3. The van der Waals surface area contributed by atoms with Gasteiger partial charge in [0.15, 0.2) is 11.3 Å². The third-order valence-corrected chi connectivity index (χ3v) is 4.79. The van der Waals surface area contributed by atoms with Gasteiger partial charge in [-0.2, -0.15) is 5.26 Å². The highest BCUT2D eigenvalue weighted by atomic mass is 19.3. The molecule has 0 unspecified atom stereocenters. The molecule has 6 nitrogen and oxygen atoms in total. The van der Waals surface area contributed by atoms with Gasteiger partial charge in [-0.15, -0.1) is 0 Å². The quantitative estimate of drug-likeness (QED) is 0.752. The standard InChI is InChI=1S/C21H19F3N4O2/c1-20(2)11-21(18(23)24,28-19(26)30-20)14-7-12(3-5-15(14)22)8-17(29)16-6-4-13(9-25)10-27-16/h3-7,10,18H,8,11H2,1-2H3,(H2,26,28)/t21-/m0/s1. The Morgan fingerprint density at radius 1 is 1.33 bits per heavy atom. The molecular formula is C21H19F3N4O2. The Morgan fingerprint density at radius 2 is 2.07 bits per heavy atom. The number of rotatable bonds is 5. The first kappa shape index (κ1) is 21.3. The summed E-state index contributed by atoms with van der Waals surface area (Å²) in [6.07, 6.45) is -2.29. The lowest BCUT2D eigenvalue weighted by atomic mass is 9.79. The van der Waals surface area contributed by atoms with Crippen LogP contribution in [0, 0.1) is 17.1 Å². The van der Waals surface area contributed by atoms with E-state index in [1.165, 1.54) is 30.5 Å². The van der Waals surface area contributed by atoms with E-state index in [0.717, 1.165) is 6.07 Å². The lowest BCUT2D eigenvalue weighted by Gasteiger charge is -2.41. The van der Waals surface area contributed by atoms with E-state index in [0.29, 0.717) is 11.1 Å². The van der Waals surface area contributed by atoms with E-state index in [1.54, 1.807) is 13.8 Å². The van der Waals surface area contributed by atoms with E-state index in [-0.39, 0.29) is 24.1 Å². The predicted molar refractivity (Wildman–Crippen MR) is 102 cm³/mol.